The Morgan fingerprint density at radius 2 is 1.18 bits per heavy atom. The molecule has 1 spiro atoms. The van der Waals surface area contributed by atoms with Crippen molar-refractivity contribution in [2.24, 2.45) is 17.3 Å². The molecule has 6 unspecified atom stereocenters. The van der Waals surface area contributed by atoms with E-state index in [-0.39, 0.29) is 49.9 Å². The lowest BCUT2D eigenvalue weighted by Crippen LogP contribution is -2.60. The molecule has 5 saturated carbocycles. The Labute approximate surface area is 362 Å². The SMILES string of the molecule is C=C(C)C(=O)OC12CC3CC(C1)CC(C(=O)OCC1CC(CC(=O)OC(C)(C)C)OC(C)(C)O1)(C3)C2.C=C(C)C(=O)OCC1OC2(CCCCC2)OC1CC(=O)OC(C)(C)C. The minimum Gasteiger partial charge on any atom is -0.462 e. The van der Waals surface area contributed by atoms with Crippen molar-refractivity contribution in [1.29, 1.82) is 0 Å². The van der Waals surface area contributed by atoms with E-state index in [0.29, 0.717) is 35.8 Å². The van der Waals surface area contributed by atoms with Crippen molar-refractivity contribution in [2.45, 2.75) is 212 Å². The van der Waals surface area contributed by atoms with Gasteiger partial charge in [-0.25, -0.2) is 9.59 Å². The average Bonchev–Trinajstić information content (AvgIpc) is 3.41. The second-order valence-electron chi connectivity index (χ2n) is 21.1. The van der Waals surface area contributed by atoms with Gasteiger partial charge in [-0.3, -0.25) is 14.4 Å². The number of carbonyl (C=O) groups is 5. The van der Waals surface area contributed by atoms with Gasteiger partial charge in [0.25, 0.3) is 0 Å². The van der Waals surface area contributed by atoms with E-state index in [2.05, 4.69) is 13.2 Å². The third-order valence-corrected chi connectivity index (χ3v) is 12.0. The van der Waals surface area contributed by atoms with E-state index in [0.717, 1.165) is 64.2 Å². The molecule has 0 radical (unpaired) electrons. The van der Waals surface area contributed by atoms with Crippen LogP contribution in [0.1, 0.15) is 159 Å². The van der Waals surface area contributed by atoms with E-state index in [1.807, 2.05) is 41.5 Å². The zero-order valence-corrected chi connectivity index (χ0v) is 38.4. The molecular weight excluding hydrogens is 789 g/mol. The van der Waals surface area contributed by atoms with Gasteiger partial charge in [-0.2, -0.15) is 0 Å². The van der Waals surface area contributed by atoms with Gasteiger partial charge >= 0.3 is 29.8 Å². The largest absolute Gasteiger partial charge is 0.462 e. The maximum Gasteiger partial charge on any atom is 0.333 e. The lowest BCUT2D eigenvalue weighted by atomic mass is 9.48. The van der Waals surface area contributed by atoms with Crippen LogP contribution in [0.3, 0.4) is 0 Å². The van der Waals surface area contributed by atoms with Crippen molar-refractivity contribution in [3.8, 4) is 0 Å². The Morgan fingerprint density at radius 3 is 1.74 bits per heavy atom. The number of esters is 5. The van der Waals surface area contributed by atoms with Crippen molar-refractivity contribution >= 4 is 29.8 Å². The summed E-state index contributed by atoms with van der Waals surface area (Å²) in [6, 6.07) is 0. The number of hydrogen-bond acceptors (Lipinski definition) is 14. The first-order chi connectivity index (χ1) is 28.2. The van der Waals surface area contributed by atoms with Gasteiger partial charge in [0.2, 0.25) is 0 Å². The molecule has 5 aliphatic carbocycles. The summed E-state index contributed by atoms with van der Waals surface area (Å²) in [5, 5.41) is 0. The lowest BCUT2D eigenvalue weighted by Gasteiger charge is -2.59. The van der Waals surface area contributed by atoms with Crippen LogP contribution in [0.4, 0.5) is 0 Å². The van der Waals surface area contributed by atoms with Gasteiger partial charge in [-0.15, -0.1) is 0 Å². The van der Waals surface area contributed by atoms with Gasteiger partial charge in [-0.1, -0.05) is 19.6 Å². The Bertz CT molecular complexity index is 1640. The Hall–Kier alpha value is -3.33. The molecule has 7 fully saturated rings. The van der Waals surface area contributed by atoms with Crippen molar-refractivity contribution in [2.75, 3.05) is 13.2 Å². The van der Waals surface area contributed by atoms with Gasteiger partial charge in [0.1, 0.15) is 42.2 Å². The summed E-state index contributed by atoms with van der Waals surface area (Å²) >= 11 is 0. The topological polar surface area (TPSA) is 168 Å². The van der Waals surface area contributed by atoms with Gasteiger partial charge in [0, 0.05) is 36.8 Å². The van der Waals surface area contributed by atoms with E-state index in [4.69, 9.17) is 42.6 Å². The molecule has 2 heterocycles. The molecule has 2 saturated heterocycles. The summed E-state index contributed by atoms with van der Waals surface area (Å²) < 4.78 is 52.2. The molecule has 7 rings (SSSR count). The monoisotopic (exact) mass is 860 g/mol. The lowest BCUT2D eigenvalue weighted by molar-refractivity contribution is -0.305. The van der Waals surface area contributed by atoms with Crippen LogP contribution in [0, 0.1) is 17.3 Å². The van der Waals surface area contributed by atoms with Crippen molar-refractivity contribution < 1.29 is 66.6 Å². The molecule has 0 amide bonds. The summed E-state index contributed by atoms with van der Waals surface area (Å²) in [4.78, 5) is 62.1. The summed E-state index contributed by atoms with van der Waals surface area (Å²) in [5.74, 6) is -2.62. The molecule has 2 aliphatic heterocycles. The van der Waals surface area contributed by atoms with E-state index in [9.17, 15) is 24.0 Å². The van der Waals surface area contributed by atoms with Gasteiger partial charge in [0.05, 0.1) is 30.5 Å². The third-order valence-electron chi connectivity index (χ3n) is 12.0. The van der Waals surface area contributed by atoms with Crippen molar-refractivity contribution in [3.63, 3.8) is 0 Å². The fourth-order valence-electron chi connectivity index (χ4n) is 10.4. The van der Waals surface area contributed by atoms with Crippen LogP contribution < -0.4 is 0 Å². The molecule has 0 aromatic carbocycles. The molecular formula is C47H72O14. The highest BCUT2D eigenvalue weighted by atomic mass is 16.8. The van der Waals surface area contributed by atoms with Crippen LogP contribution in [-0.4, -0.2) is 95.9 Å². The first-order valence-corrected chi connectivity index (χ1v) is 22.2. The minimum atomic E-state index is -0.913. The van der Waals surface area contributed by atoms with E-state index in [1.54, 1.807) is 27.7 Å². The highest BCUT2D eigenvalue weighted by Crippen LogP contribution is 2.63. The second kappa shape index (κ2) is 18.8. The molecule has 0 aromatic heterocycles. The van der Waals surface area contributed by atoms with Crippen LogP contribution in [-0.2, 0) is 66.6 Å². The molecule has 0 N–H and O–H groups in total. The molecule has 14 nitrogen and oxygen atoms in total. The quantitative estimate of drug-likeness (QED) is 0.105. The molecule has 7 aliphatic rings. The van der Waals surface area contributed by atoms with Crippen LogP contribution >= 0.6 is 0 Å². The third kappa shape index (κ3) is 13.6. The second-order valence-corrected chi connectivity index (χ2v) is 21.1. The predicted octanol–water partition coefficient (Wildman–Crippen LogP) is 7.91. The Balaban J connectivity index is 0.000000247. The maximum atomic E-state index is 13.5. The first kappa shape index (κ1) is 48.7. The Kier molecular flexibility index (Phi) is 15.0. The van der Waals surface area contributed by atoms with Crippen LogP contribution in [0.25, 0.3) is 0 Å². The molecule has 0 aromatic rings. The van der Waals surface area contributed by atoms with Gasteiger partial charge in [0.15, 0.2) is 11.6 Å². The molecule has 344 valence electrons. The van der Waals surface area contributed by atoms with Gasteiger partial charge in [-0.05, 0) is 126 Å². The summed E-state index contributed by atoms with van der Waals surface area (Å²) in [5.41, 5.74) is -1.65. The van der Waals surface area contributed by atoms with Crippen LogP contribution in [0.15, 0.2) is 24.3 Å². The molecule has 4 bridgehead atoms. The van der Waals surface area contributed by atoms with Crippen LogP contribution in [0.5, 0.6) is 0 Å². The summed E-state index contributed by atoms with van der Waals surface area (Å²) in [6.45, 7) is 25.2. The zero-order valence-electron chi connectivity index (χ0n) is 38.4. The number of hydrogen-bond donors (Lipinski definition) is 0. The van der Waals surface area contributed by atoms with Gasteiger partial charge < -0.3 is 42.6 Å². The first-order valence-electron chi connectivity index (χ1n) is 22.2. The molecule has 61 heavy (non-hydrogen) atoms. The fraction of sp³-hybridized carbons (Fsp3) is 0.809. The molecule has 14 heteroatoms. The maximum absolute atomic E-state index is 13.5. The van der Waals surface area contributed by atoms with E-state index >= 15 is 0 Å². The van der Waals surface area contributed by atoms with Crippen LogP contribution in [0.2, 0.25) is 0 Å². The Morgan fingerprint density at radius 1 is 0.639 bits per heavy atom. The van der Waals surface area contributed by atoms with E-state index in [1.165, 1.54) is 0 Å². The standard InChI is InChI=1S/C28H42O8.C19H30O6/c1-17(2)23(30)36-28-13-18-8-19(14-28)12-27(11-18,16-28)24(31)32-15-21-9-20(33-26(6,7)34-21)10-22(29)35-25(3,4)5;1-13(2)17(21)22-12-15-14(11-16(20)25-18(3,4)5)23-19(24-15)9-7-6-8-10-19/h18-21H,1,8-16H2,2-7H3;14-15H,1,6-12H2,2-5H3. The highest BCUT2D eigenvalue weighted by Gasteiger charge is 2.63. The summed E-state index contributed by atoms with van der Waals surface area (Å²) in [7, 11) is 0. The smallest absolute Gasteiger partial charge is 0.333 e. The summed E-state index contributed by atoms with van der Waals surface area (Å²) in [6.07, 6.45) is 8.40. The normalized spacial score (nSPS) is 32.2. The minimum absolute atomic E-state index is 0.0426. The highest BCUT2D eigenvalue weighted by molar-refractivity contribution is 5.87. The fourth-order valence-corrected chi connectivity index (χ4v) is 10.4. The molecule has 6 atom stereocenters. The average molecular weight is 861 g/mol. The number of ether oxygens (including phenoxy) is 9. The van der Waals surface area contributed by atoms with Crippen molar-refractivity contribution in [1.82, 2.24) is 0 Å². The predicted molar refractivity (Wildman–Crippen MR) is 222 cm³/mol. The zero-order chi connectivity index (χ0) is 45.2. The number of rotatable bonds is 12. The van der Waals surface area contributed by atoms with Crippen molar-refractivity contribution in [3.05, 3.63) is 24.3 Å². The van der Waals surface area contributed by atoms with E-state index < -0.39 is 64.2 Å². The number of carbonyl (C=O) groups excluding carboxylic acids is 5.